The van der Waals surface area contributed by atoms with Gasteiger partial charge in [0.05, 0.1) is 19.6 Å². The summed E-state index contributed by atoms with van der Waals surface area (Å²) in [5.74, 6) is 3.75. The lowest BCUT2D eigenvalue weighted by molar-refractivity contribution is -0.160. The van der Waals surface area contributed by atoms with Crippen LogP contribution in [0.3, 0.4) is 0 Å². The predicted octanol–water partition coefficient (Wildman–Crippen LogP) is 3.53. The number of hydrogen-bond donors (Lipinski definition) is 1. The summed E-state index contributed by atoms with van der Waals surface area (Å²) in [5, 5.41) is 3.06. The molecule has 4 saturated carbocycles. The lowest BCUT2D eigenvalue weighted by atomic mass is 9.49. The highest BCUT2D eigenvalue weighted by molar-refractivity contribution is 5.91. The number of benzene rings is 1. The van der Waals surface area contributed by atoms with E-state index >= 15 is 0 Å². The van der Waals surface area contributed by atoms with Gasteiger partial charge in [-0.25, -0.2) is 0 Å². The molecule has 5 aliphatic rings. The van der Waals surface area contributed by atoms with E-state index in [9.17, 15) is 9.59 Å². The number of rotatable bonds is 6. The van der Waals surface area contributed by atoms with Crippen molar-refractivity contribution in [2.75, 3.05) is 20.8 Å². The average Bonchev–Trinajstić information content (AvgIpc) is 3.25. The van der Waals surface area contributed by atoms with E-state index in [2.05, 4.69) is 5.32 Å². The Morgan fingerprint density at radius 2 is 1.68 bits per heavy atom. The molecule has 0 radical (unpaired) electrons. The standard InChI is InChI=1S/C25H34N2O4/c1-30-21-6-5-16(11-22(21)31-2)15-26-23(28)20-4-3-7-27(20)24(29)25-12-17-8-18(13-25)10-19(9-17)14-25/h5-6,11,17-20H,3-4,7-10,12-15H2,1-2H3,(H,26,28). The Hall–Kier alpha value is -2.24. The van der Waals surface area contributed by atoms with E-state index in [0.717, 1.165) is 62.0 Å². The smallest absolute Gasteiger partial charge is 0.243 e. The number of nitrogens with one attached hydrogen (secondary N) is 1. The Balaban J connectivity index is 1.25. The number of methoxy groups -OCH3 is 2. The van der Waals surface area contributed by atoms with Crippen LogP contribution in [0.5, 0.6) is 11.5 Å². The van der Waals surface area contributed by atoms with E-state index in [-0.39, 0.29) is 23.3 Å². The van der Waals surface area contributed by atoms with Crippen molar-refractivity contribution in [3.8, 4) is 11.5 Å². The third kappa shape index (κ3) is 3.68. The number of hydrogen-bond acceptors (Lipinski definition) is 4. The highest BCUT2D eigenvalue weighted by atomic mass is 16.5. The van der Waals surface area contributed by atoms with Crippen molar-refractivity contribution in [3.63, 3.8) is 0 Å². The van der Waals surface area contributed by atoms with Crippen molar-refractivity contribution < 1.29 is 19.1 Å². The first kappa shape index (κ1) is 20.7. The summed E-state index contributed by atoms with van der Waals surface area (Å²) in [6, 6.07) is 5.32. The van der Waals surface area contributed by atoms with Gasteiger partial charge >= 0.3 is 0 Å². The molecule has 5 fully saturated rings. The molecule has 2 amide bonds. The number of carbonyl (C=O) groups excluding carboxylic acids is 2. The van der Waals surface area contributed by atoms with Crippen molar-refractivity contribution in [2.45, 2.75) is 64.0 Å². The topological polar surface area (TPSA) is 67.9 Å². The lowest BCUT2D eigenvalue weighted by Crippen LogP contribution is -2.57. The minimum absolute atomic E-state index is 0.0367. The lowest BCUT2D eigenvalue weighted by Gasteiger charge is -2.56. The van der Waals surface area contributed by atoms with E-state index in [1.165, 1.54) is 19.3 Å². The fourth-order valence-electron chi connectivity index (χ4n) is 7.26. The molecule has 31 heavy (non-hydrogen) atoms. The second-order valence-electron chi connectivity index (χ2n) is 10.3. The molecule has 6 nitrogen and oxygen atoms in total. The highest BCUT2D eigenvalue weighted by Gasteiger charge is 2.56. The Labute approximate surface area is 184 Å². The van der Waals surface area contributed by atoms with Gasteiger partial charge in [0.25, 0.3) is 0 Å². The van der Waals surface area contributed by atoms with Gasteiger partial charge in [0, 0.05) is 13.1 Å². The zero-order valence-electron chi connectivity index (χ0n) is 18.7. The van der Waals surface area contributed by atoms with Crippen molar-refractivity contribution in [2.24, 2.45) is 23.2 Å². The molecule has 4 aliphatic carbocycles. The second kappa shape index (κ2) is 8.03. The van der Waals surface area contributed by atoms with Crippen LogP contribution in [0, 0.1) is 23.2 Å². The number of carbonyl (C=O) groups is 2. The van der Waals surface area contributed by atoms with Crippen molar-refractivity contribution in [1.29, 1.82) is 0 Å². The third-order valence-electron chi connectivity index (χ3n) is 8.22. The van der Waals surface area contributed by atoms with Crippen LogP contribution in [0.25, 0.3) is 0 Å². The highest BCUT2D eigenvalue weighted by Crippen LogP contribution is 2.60. The molecule has 1 saturated heterocycles. The fourth-order valence-corrected chi connectivity index (χ4v) is 7.26. The van der Waals surface area contributed by atoms with Gasteiger partial charge in [-0.2, -0.15) is 0 Å². The molecule has 6 rings (SSSR count). The Kier molecular flexibility index (Phi) is 5.35. The largest absolute Gasteiger partial charge is 0.493 e. The van der Waals surface area contributed by atoms with Crippen LogP contribution in [0.15, 0.2) is 18.2 Å². The van der Waals surface area contributed by atoms with Gasteiger partial charge in [-0.05, 0) is 86.8 Å². The Morgan fingerprint density at radius 1 is 1.03 bits per heavy atom. The summed E-state index contributed by atoms with van der Waals surface area (Å²) in [7, 11) is 3.21. The van der Waals surface area contributed by atoms with E-state index in [0.29, 0.717) is 18.0 Å². The van der Waals surface area contributed by atoms with E-state index < -0.39 is 0 Å². The first-order chi connectivity index (χ1) is 15.0. The third-order valence-corrected chi connectivity index (χ3v) is 8.22. The first-order valence-corrected chi connectivity index (χ1v) is 11.8. The van der Waals surface area contributed by atoms with E-state index in [1.807, 2.05) is 23.1 Å². The summed E-state index contributed by atoms with van der Waals surface area (Å²) in [6.45, 7) is 1.13. The summed E-state index contributed by atoms with van der Waals surface area (Å²) >= 11 is 0. The first-order valence-electron chi connectivity index (χ1n) is 11.8. The second-order valence-corrected chi connectivity index (χ2v) is 10.3. The predicted molar refractivity (Wildman–Crippen MR) is 117 cm³/mol. The van der Waals surface area contributed by atoms with Crippen molar-refractivity contribution >= 4 is 11.8 Å². The van der Waals surface area contributed by atoms with Gasteiger partial charge in [0.2, 0.25) is 11.8 Å². The molecule has 1 heterocycles. The molecule has 6 heteroatoms. The summed E-state index contributed by atoms with van der Waals surface area (Å²) in [6.07, 6.45) is 8.78. The number of nitrogens with zero attached hydrogens (tertiary/aromatic N) is 1. The molecule has 4 bridgehead atoms. The van der Waals surface area contributed by atoms with Gasteiger partial charge in [-0.15, -0.1) is 0 Å². The van der Waals surface area contributed by atoms with Crippen LogP contribution in [0.1, 0.15) is 56.9 Å². The van der Waals surface area contributed by atoms with Crippen molar-refractivity contribution in [3.05, 3.63) is 23.8 Å². The number of likely N-dealkylation sites (tertiary alicyclic amines) is 1. The molecule has 0 aromatic heterocycles. The maximum absolute atomic E-state index is 13.8. The molecule has 1 aliphatic heterocycles. The van der Waals surface area contributed by atoms with Gasteiger partial charge in [-0.1, -0.05) is 6.07 Å². The summed E-state index contributed by atoms with van der Waals surface area (Å²) in [5.41, 5.74) is 0.768. The molecular weight excluding hydrogens is 392 g/mol. The molecule has 1 aromatic carbocycles. The Morgan fingerprint density at radius 3 is 2.29 bits per heavy atom. The molecule has 1 atom stereocenters. The number of amides is 2. The summed E-state index contributed by atoms with van der Waals surface area (Å²) in [4.78, 5) is 28.8. The van der Waals surface area contributed by atoms with Crippen LogP contribution in [-0.2, 0) is 16.1 Å². The van der Waals surface area contributed by atoms with Crippen LogP contribution in [0.2, 0.25) is 0 Å². The van der Waals surface area contributed by atoms with Crippen LogP contribution < -0.4 is 14.8 Å². The number of ether oxygens (including phenoxy) is 2. The quantitative estimate of drug-likeness (QED) is 0.756. The van der Waals surface area contributed by atoms with Crippen LogP contribution in [0.4, 0.5) is 0 Å². The normalized spacial score (nSPS) is 33.4. The fraction of sp³-hybridized carbons (Fsp3) is 0.680. The molecule has 168 valence electrons. The molecular formula is C25H34N2O4. The minimum atomic E-state index is -0.333. The molecule has 1 aromatic rings. The summed E-state index contributed by atoms with van der Waals surface area (Å²) < 4.78 is 10.6. The van der Waals surface area contributed by atoms with E-state index in [4.69, 9.17) is 9.47 Å². The van der Waals surface area contributed by atoms with Gasteiger partial charge in [-0.3, -0.25) is 9.59 Å². The van der Waals surface area contributed by atoms with Crippen LogP contribution >= 0.6 is 0 Å². The van der Waals surface area contributed by atoms with E-state index in [1.54, 1.807) is 14.2 Å². The average molecular weight is 427 g/mol. The maximum Gasteiger partial charge on any atom is 0.243 e. The Bertz CT molecular complexity index is 832. The molecule has 1 N–H and O–H groups in total. The zero-order valence-corrected chi connectivity index (χ0v) is 18.7. The van der Waals surface area contributed by atoms with Crippen LogP contribution in [-0.4, -0.2) is 43.5 Å². The van der Waals surface area contributed by atoms with Gasteiger partial charge in [0.15, 0.2) is 11.5 Å². The van der Waals surface area contributed by atoms with Gasteiger partial charge in [0.1, 0.15) is 6.04 Å². The molecule has 1 unspecified atom stereocenters. The molecule has 0 spiro atoms. The van der Waals surface area contributed by atoms with Gasteiger partial charge < -0.3 is 19.7 Å². The zero-order chi connectivity index (χ0) is 21.6. The monoisotopic (exact) mass is 426 g/mol. The maximum atomic E-state index is 13.8. The SMILES string of the molecule is COc1ccc(CNC(=O)C2CCCN2C(=O)C23CC4CC(CC(C4)C2)C3)cc1OC. The van der Waals surface area contributed by atoms with Crippen molar-refractivity contribution in [1.82, 2.24) is 10.2 Å². The minimum Gasteiger partial charge on any atom is -0.493 e.